The second-order valence-electron chi connectivity index (χ2n) is 6.48. The summed E-state index contributed by atoms with van der Waals surface area (Å²) in [5.41, 5.74) is 2.94. The molecule has 0 aromatic heterocycles. The lowest BCUT2D eigenvalue weighted by molar-refractivity contribution is 0.261. The fourth-order valence-electron chi connectivity index (χ4n) is 3.16. The van der Waals surface area contributed by atoms with Crippen LogP contribution in [0.4, 0.5) is 5.69 Å². The summed E-state index contributed by atoms with van der Waals surface area (Å²) >= 11 is 3.66. The first-order valence-corrected chi connectivity index (χ1v) is 8.07. The maximum Gasteiger partial charge on any atom is 0.0387 e. The van der Waals surface area contributed by atoms with Crippen LogP contribution in [0.25, 0.3) is 0 Å². The summed E-state index contributed by atoms with van der Waals surface area (Å²) in [6.45, 7) is 9.05. The van der Waals surface area contributed by atoms with Gasteiger partial charge in [0.25, 0.3) is 0 Å². The van der Waals surface area contributed by atoms with Crippen LogP contribution in [0, 0.1) is 12.8 Å². The third-order valence-electron chi connectivity index (χ3n) is 4.80. The van der Waals surface area contributed by atoms with Crippen LogP contribution in [0.1, 0.15) is 32.3 Å². The maximum atomic E-state index is 3.78. The number of hydrogen-bond donors (Lipinski definition) is 1. The zero-order valence-corrected chi connectivity index (χ0v) is 13.6. The molecule has 1 saturated carbocycles. The van der Waals surface area contributed by atoms with Crippen molar-refractivity contribution < 1.29 is 0 Å². The van der Waals surface area contributed by atoms with E-state index < -0.39 is 0 Å². The predicted octanol–water partition coefficient (Wildman–Crippen LogP) is 3.72. The highest BCUT2D eigenvalue weighted by Crippen LogP contribution is 2.42. The number of rotatable bonds is 2. The second-order valence-corrected chi connectivity index (χ2v) is 7.34. The van der Waals surface area contributed by atoms with Crippen molar-refractivity contribution in [3.05, 3.63) is 28.2 Å². The van der Waals surface area contributed by atoms with E-state index in [1.165, 1.54) is 28.6 Å². The smallest absolute Gasteiger partial charge is 0.0387 e. The fraction of sp³-hybridized carbons (Fsp3) is 0.625. The van der Waals surface area contributed by atoms with Crippen LogP contribution in [-0.2, 0) is 0 Å². The van der Waals surface area contributed by atoms with Crippen LogP contribution in [0.5, 0.6) is 0 Å². The number of piperazine rings is 1. The van der Waals surface area contributed by atoms with E-state index in [-0.39, 0.29) is 0 Å². The van der Waals surface area contributed by atoms with E-state index >= 15 is 0 Å². The monoisotopic (exact) mass is 322 g/mol. The van der Waals surface area contributed by atoms with E-state index in [2.05, 4.69) is 65.1 Å². The molecular formula is C16H23BrN2. The van der Waals surface area contributed by atoms with Gasteiger partial charge in [0.15, 0.2) is 0 Å². The molecule has 2 unspecified atom stereocenters. The summed E-state index contributed by atoms with van der Waals surface area (Å²) in [5.74, 6) is 0.872. The average molecular weight is 323 g/mol. The minimum atomic E-state index is 0.296. The number of benzene rings is 1. The SMILES string of the molecule is Cc1ccc(N2CC(C)(C3CC3)NCC2C)cc1Br. The van der Waals surface area contributed by atoms with Crippen LogP contribution in [0.3, 0.4) is 0 Å². The third-order valence-corrected chi connectivity index (χ3v) is 5.65. The first kappa shape index (κ1) is 13.4. The average Bonchev–Trinajstić information content (AvgIpc) is 3.21. The van der Waals surface area contributed by atoms with Gasteiger partial charge in [-0.05, 0) is 57.2 Å². The van der Waals surface area contributed by atoms with Gasteiger partial charge < -0.3 is 10.2 Å². The van der Waals surface area contributed by atoms with Crippen molar-refractivity contribution in [2.75, 3.05) is 18.0 Å². The van der Waals surface area contributed by atoms with Gasteiger partial charge in [-0.1, -0.05) is 22.0 Å². The summed E-state index contributed by atoms with van der Waals surface area (Å²) in [7, 11) is 0. The second kappa shape index (κ2) is 4.78. The minimum absolute atomic E-state index is 0.296. The minimum Gasteiger partial charge on any atom is -0.366 e. The van der Waals surface area contributed by atoms with E-state index in [4.69, 9.17) is 0 Å². The quantitative estimate of drug-likeness (QED) is 0.892. The maximum absolute atomic E-state index is 3.78. The van der Waals surface area contributed by atoms with E-state index in [0.29, 0.717) is 11.6 Å². The van der Waals surface area contributed by atoms with Crippen LogP contribution in [-0.4, -0.2) is 24.7 Å². The van der Waals surface area contributed by atoms with Gasteiger partial charge in [0.2, 0.25) is 0 Å². The van der Waals surface area contributed by atoms with Gasteiger partial charge in [0.1, 0.15) is 0 Å². The normalized spacial score (nSPS) is 31.6. The standard InChI is InChI=1S/C16H23BrN2/c1-11-4-7-14(8-15(11)17)19-10-16(3,13-5-6-13)18-9-12(19)2/h4,7-8,12-13,18H,5-6,9-10H2,1-3H3. The highest BCUT2D eigenvalue weighted by molar-refractivity contribution is 9.10. The fourth-order valence-corrected chi connectivity index (χ4v) is 3.52. The topological polar surface area (TPSA) is 15.3 Å². The van der Waals surface area contributed by atoms with Crippen LogP contribution >= 0.6 is 15.9 Å². The van der Waals surface area contributed by atoms with E-state index in [1.54, 1.807) is 0 Å². The molecule has 104 valence electrons. The van der Waals surface area contributed by atoms with Crippen LogP contribution < -0.4 is 10.2 Å². The Morgan fingerprint density at radius 2 is 2.11 bits per heavy atom. The van der Waals surface area contributed by atoms with Crippen molar-refractivity contribution in [1.82, 2.24) is 5.32 Å². The molecule has 1 N–H and O–H groups in total. The predicted molar refractivity (Wildman–Crippen MR) is 84.8 cm³/mol. The van der Waals surface area contributed by atoms with Crippen LogP contribution in [0.15, 0.2) is 22.7 Å². The summed E-state index contributed by atoms with van der Waals surface area (Å²) in [5, 5.41) is 3.78. The highest BCUT2D eigenvalue weighted by atomic mass is 79.9. The lowest BCUT2D eigenvalue weighted by Crippen LogP contribution is -2.63. The molecule has 3 rings (SSSR count). The molecule has 0 amide bonds. The number of nitrogens with zero attached hydrogens (tertiary/aromatic N) is 1. The molecule has 3 heteroatoms. The molecular weight excluding hydrogens is 300 g/mol. The molecule has 2 fully saturated rings. The van der Waals surface area contributed by atoms with E-state index in [1.807, 2.05) is 0 Å². The summed E-state index contributed by atoms with van der Waals surface area (Å²) in [4.78, 5) is 2.57. The van der Waals surface area contributed by atoms with Gasteiger partial charge in [-0.25, -0.2) is 0 Å². The van der Waals surface area contributed by atoms with Gasteiger partial charge in [0, 0.05) is 34.8 Å². The number of hydrogen-bond acceptors (Lipinski definition) is 2. The lowest BCUT2D eigenvalue weighted by atomic mass is 9.91. The molecule has 1 saturated heterocycles. The number of halogens is 1. The molecule has 0 bridgehead atoms. The van der Waals surface area contributed by atoms with Crippen molar-refractivity contribution in [2.45, 2.75) is 45.2 Å². The Bertz CT molecular complexity index is 484. The Morgan fingerprint density at radius 1 is 1.37 bits per heavy atom. The van der Waals surface area contributed by atoms with Crippen molar-refractivity contribution in [1.29, 1.82) is 0 Å². The van der Waals surface area contributed by atoms with Gasteiger partial charge in [-0.15, -0.1) is 0 Å². The molecule has 0 spiro atoms. The zero-order chi connectivity index (χ0) is 13.6. The first-order valence-electron chi connectivity index (χ1n) is 7.27. The summed E-state index contributed by atoms with van der Waals surface area (Å²) in [6, 6.07) is 7.30. The molecule has 19 heavy (non-hydrogen) atoms. The van der Waals surface area contributed by atoms with Crippen LogP contribution in [0.2, 0.25) is 0 Å². The molecule has 1 aliphatic carbocycles. The number of aryl methyl sites for hydroxylation is 1. The van der Waals surface area contributed by atoms with Crippen molar-refractivity contribution in [3.8, 4) is 0 Å². The number of nitrogens with one attached hydrogen (secondary N) is 1. The Hall–Kier alpha value is -0.540. The van der Waals surface area contributed by atoms with Gasteiger partial charge in [0.05, 0.1) is 0 Å². The molecule has 2 atom stereocenters. The molecule has 2 nitrogen and oxygen atoms in total. The third kappa shape index (κ3) is 2.55. The zero-order valence-electron chi connectivity index (χ0n) is 12.0. The lowest BCUT2D eigenvalue weighted by Gasteiger charge is -2.47. The Balaban J connectivity index is 1.86. The number of anilines is 1. The Labute approximate surface area is 124 Å². The van der Waals surface area contributed by atoms with E-state index in [0.717, 1.165) is 19.0 Å². The Morgan fingerprint density at radius 3 is 2.74 bits per heavy atom. The first-order chi connectivity index (χ1) is 8.99. The molecule has 2 aliphatic rings. The molecule has 1 aromatic carbocycles. The highest BCUT2D eigenvalue weighted by Gasteiger charge is 2.45. The Kier molecular flexibility index (Phi) is 3.38. The summed E-state index contributed by atoms with van der Waals surface area (Å²) < 4.78 is 1.21. The van der Waals surface area contributed by atoms with Gasteiger partial charge in [-0.3, -0.25) is 0 Å². The van der Waals surface area contributed by atoms with Gasteiger partial charge in [-0.2, -0.15) is 0 Å². The molecule has 1 aliphatic heterocycles. The molecule has 1 aromatic rings. The van der Waals surface area contributed by atoms with E-state index in [9.17, 15) is 0 Å². The largest absolute Gasteiger partial charge is 0.366 e. The molecule has 1 heterocycles. The van der Waals surface area contributed by atoms with Crippen molar-refractivity contribution in [3.63, 3.8) is 0 Å². The van der Waals surface area contributed by atoms with Crippen molar-refractivity contribution >= 4 is 21.6 Å². The van der Waals surface area contributed by atoms with Crippen molar-refractivity contribution in [2.24, 2.45) is 5.92 Å². The van der Waals surface area contributed by atoms with Gasteiger partial charge >= 0.3 is 0 Å². The molecule has 0 radical (unpaired) electrons. The summed E-state index contributed by atoms with van der Waals surface area (Å²) in [6.07, 6.45) is 2.78.